The van der Waals surface area contributed by atoms with E-state index >= 15 is 0 Å². The van der Waals surface area contributed by atoms with Crippen LogP contribution in [0.3, 0.4) is 0 Å². The number of rotatable bonds is 6. The summed E-state index contributed by atoms with van der Waals surface area (Å²) in [5.41, 5.74) is 1.07. The molecule has 2 aromatic rings. The molecule has 0 aliphatic rings. The van der Waals surface area contributed by atoms with E-state index in [-0.39, 0.29) is 28.1 Å². The lowest BCUT2D eigenvalue weighted by molar-refractivity contribution is -0.114. The highest BCUT2D eigenvalue weighted by Crippen LogP contribution is 2.29. The average Bonchev–Trinajstić information content (AvgIpc) is 2.57. The van der Waals surface area contributed by atoms with Crippen LogP contribution >= 0.6 is 23.2 Å². The van der Waals surface area contributed by atoms with Gasteiger partial charge in [0.2, 0.25) is 5.91 Å². The molecule has 24 heavy (non-hydrogen) atoms. The highest BCUT2D eigenvalue weighted by atomic mass is 35.5. The van der Waals surface area contributed by atoms with E-state index < -0.39 is 9.84 Å². The molecule has 0 unspecified atom stereocenters. The number of nitrogens with one attached hydrogen (secondary N) is 2. The van der Waals surface area contributed by atoms with Crippen LogP contribution in [0.2, 0.25) is 10.0 Å². The molecule has 0 aromatic heterocycles. The lowest BCUT2D eigenvalue weighted by atomic mass is 10.3. The molecule has 0 radical (unpaired) electrons. The zero-order valence-corrected chi connectivity index (χ0v) is 15.2. The fraction of sp³-hybridized carbons (Fsp3) is 0.188. The standard InChI is InChI=1S/C16H16Cl2N2O3S/c1-2-24(22,23)12-8-6-11(7-9-12)19-10-15(21)20-14-5-3-4-13(17)16(14)18/h3-9,19H,2,10H2,1H3,(H,20,21). The van der Waals surface area contributed by atoms with Gasteiger partial charge in [0.15, 0.2) is 9.84 Å². The Kier molecular flexibility index (Phi) is 6.10. The zero-order chi connectivity index (χ0) is 17.7. The van der Waals surface area contributed by atoms with Gasteiger partial charge in [-0.15, -0.1) is 0 Å². The van der Waals surface area contributed by atoms with Crippen LogP contribution in [0.5, 0.6) is 0 Å². The second kappa shape index (κ2) is 7.88. The van der Waals surface area contributed by atoms with E-state index in [1.165, 1.54) is 12.1 Å². The van der Waals surface area contributed by atoms with Gasteiger partial charge in [0, 0.05) is 5.69 Å². The zero-order valence-electron chi connectivity index (χ0n) is 12.8. The number of carbonyl (C=O) groups excluding carboxylic acids is 1. The summed E-state index contributed by atoms with van der Waals surface area (Å²) >= 11 is 11.9. The van der Waals surface area contributed by atoms with Gasteiger partial charge in [0.25, 0.3) is 0 Å². The highest BCUT2D eigenvalue weighted by Gasteiger charge is 2.11. The summed E-state index contributed by atoms with van der Waals surface area (Å²) in [5.74, 6) is -0.257. The summed E-state index contributed by atoms with van der Waals surface area (Å²) in [7, 11) is -3.23. The number of sulfone groups is 1. The molecule has 5 nitrogen and oxygen atoms in total. The fourth-order valence-corrected chi connectivity index (χ4v) is 3.16. The van der Waals surface area contributed by atoms with Gasteiger partial charge in [0.1, 0.15) is 0 Å². The number of halogens is 2. The maximum absolute atomic E-state index is 12.0. The Balaban J connectivity index is 1.96. The molecule has 1 amide bonds. The van der Waals surface area contributed by atoms with Crippen LogP contribution in [-0.4, -0.2) is 26.6 Å². The molecule has 2 aromatic carbocycles. The molecule has 8 heteroatoms. The van der Waals surface area contributed by atoms with E-state index in [0.717, 1.165) is 0 Å². The Labute approximate surface area is 150 Å². The molecule has 2 rings (SSSR count). The smallest absolute Gasteiger partial charge is 0.243 e. The first-order valence-corrected chi connectivity index (χ1v) is 9.55. The van der Waals surface area contributed by atoms with E-state index in [1.807, 2.05) is 0 Å². The topological polar surface area (TPSA) is 75.3 Å². The Morgan fingerprint density at radius 2 is 1.75 bits per heavy atom. The first-order valence-electron chi connectivity index (χ1n) is 7.14. The Morgan fingerprint density at radius 1 is 1.08 bits per heavy atom. The number of amides is 1. The van der Waals surface area contributed by atoms with Crippen molar-refractivity contribution in [2.75, 3.05) is 22.9 Å². The predicted molar refractivity (Wildman–Crippen MR) is 97.8 cm³/mol. The van der Waals surface area contributed by atoms with Crippen molar-refractivity contribution in [3.63, 3.8) is 0 Å². The van der Waals surface area contributed by atoms with E-state index in [1.54, 1.807) is 37.3 Å². The molecular weight excluding hydrogens is 371 g/mol. The van der Waals surface area contributed by atoms with Crippen LogP contribution in [0.4, 0.5) is 11.4 Å². The Hall–Kier alpha value is -1.76. The monoisotopic (exact) mass is 386 g/mol. The van der Waals surface area contributed by atoms with Gasteiger partial charge >= 0.3 is 0 Å². The van der Waals surface area contributed by atoms with Crippen molar-refractivity contribution in [2.45, 2.75) is 11.8 Å². The number of anilines is 2. The second-order valence-corrected chi connectivity index (χ2v) is 7.99. The lowest BCUT2D eigenvalue weighted by Gasteiger charge is -2.10. The first kappa shape index (κ1) is 18.6. The quantitative estimate of drug-likeness (QED) is 0.790. The number of hydrogen-bond acceptors (Lipinski definition) is 4. The summed E-state index contributed by atoms with van der Waals surface area (Å²) in [4.78, 5) is 12.2. The molecule has 2 N–H and O–H groups in total. The SMILES string of the molecule is CCS(=O)(=O)c1ccc(NCC(=O)Nc2cccc(Cl)c2Cl)cc1. The minimum atomic E-state index is -3.23. The molecular formula is C16H16Cl2N2O3S. The normalized spacial score (nSPS) is 11.1. The summed E-state index contributed by atoms with van der Waals surface area (Å²) in [6, 6.07) is 11.2. The average molecular weight is 387 g/mol. The largest absolute Gasteiger partial charge is 0.376 e. The van der Waals surface area contributed by atoms with Crippen molar-refractivity contribution in [3.8, 4) is 0 Å². The summed E-state index contributed by atoms with van der Waals surface area (Å²) < 4.78 is 23.5. The maximum Gasteiger partial charge on any atom is 0.243 e. The third kappa shape index (κ3) is 4.63. The molecule has 0 heterocycles. The van der Waals surface area contributed by atoms with Gasteiger partial charge in [-0.1, -0.05) is 36.2 Å². The summed E-state index contributed by atoms with van der Waals surface area (Å²) in [6.07, 6.45) is 0. The van der Waals surface area contributed by atoms with Crippen molar-refractivity contribution >= 4 is 50.3 Å². The van der Waals surface area contributed by atoms with Gasteiger partial charge in [-0.05, 0) is 36.4 Å². The fourth-order valence-electron chi connectivity index (χ4n) is 1.92. The first-order chi connectivity index (χ1) is 11.3. The van der Waals surface area contributed by atoms with Gasteiger partial charge in [-0.2, -0.15) is 0 Å². The molecule has 0 saturated carbocycles. The van der Waals surface area contributed by atoms with Crippen LogP contribution < -0.4 is 10.6 Å². The Bertz CT molecular complexity index is 837. The van der Waals surface area contributed by atoms with Crippen molar-refractivity contribution in [1.29, 1.82) is 0 Å². The van der Waals surface area contributed by atoms with Crippen molar-refractivity contribution in [2.24, 2.45) is 0 Å². The van der Waals surface area contributed by atoms with Crippen LogP contribution in [-0.2, 0) is 14.6 Å². The van der Waals surface area contributed by atoms with Crippen LogP contribution in [0.25, 0.3) is 0 Å². The summed E-state index contributed by atoms with van der Waals surface area (Å²) in [6.45, 7) is 1.59. The van der Waals surface area contributed by atoms with Gasteiger partial charge in [-0.3, -0.25) is 4.79 Å². The predicted octanol–water partition coefficient (Wildman–Crippen LogP) is 3.84. The molecule has 0 bridgehead atoms. The molecule has 0 atom stereocenters. The minimum Gasteiger partial charge on any atom is -0.376 e. The third-order valence-corrected chi connectivity index (χ3v) is 5.84. The van der Waals surface area contributed by atoms with E-state index in [4.69, 9.17) is 23.2 Å². The van der Waals surface area contributed by atoms with Crippen LogP contribution in [0.15, 0.2) is 47.4 Å². The lowest BCUT2D eigenvalue weighted by Crippen LogP contribution is -2.22. The molecule has 0 fully saturated rings. The number of carbonyl (C=O) groups is 1. The van der Waals surface area contributed by atoms with E-state index in [0.29, 0.717) is 16.4 Å². The number of hydrogen-bond donors (Lipinski definition) is 2. The molecule has 128 valence electrons. The van der Waals surface area contributed by atoms with E-state index in [2.05, 4.69) is 10.6 Å². The van der Waals surface area contributed by atoms with Crippen molar-refractivity contribution in [3.05, 3.63) is 52.5 Å². The van der Waals surface area contributed by atoms with Crippen molar-refractivity contribution in [1.82, 2.24) is 0 Å². The number of benzene rings is 2. The third-order valence-electron chi connectivity index (χ3n) is 3.27. The summed E-state index contributed by atoms with van der Waals surface area (Å²) in [5, 5.41) is 6.20. The molecule has 0 saturated heterocycles. The Morgan fingerprint density at radius 3 is 2.38 bits per heavy atom. The van der Waals surface area contributed by atoms with Crippen LogP contribution in [0, 0.1) is 0 Å². The van der Waals surface area contributed by atoms with E-state index in [9.17, 15) is 13.2 Å². The molecule has 0 aliphatic carbocycles. The van der Waals surface area contributed by atoms with Gasteiger partial charge in [0.05, 0.1) is 32.9 Å². The maximum atomic E-state index is 12.0. The van der Waals surface area contributed by atoms with Gasteiger partial charge < -0.3 is 10.6 Å². The minimum absolute atomic E-state index is 0.00270. The highest BCUT2D eigenvalue weighted by molar-refractivity contribution is 7.91. The van der Waals surface area contributed by atoms with Crippen LogP contribution in [0.1, 0.15) is 6.92 Å². The van der Waals surface area contributed by atoms with Crippen molar-refractivity contribution < 1.29 is 13.2 Å². The molecule has 0 aliphatic heterocycles. The van der Waals surface area contributed by atoms with Gasteiger partial charge in [-0.25, -0.2) is 8.42 Å². The molecule has 0 spiro atoms. The second-order valence-electron chi connectivity index (χ2n) is 4.93.